The predicted molar refractivity (Wildman–Crippen MR) is 98.1 cm³/mol. The molecule has 0 spiro atoms. The number of carboxylic acid groups (broad SMARTS) is 1. The number of hydrogen-bond donors (Lipinski definition) is 1. The molecule has 0 aromatic carbocycles. The second-order valence-corrected chi connectivity index (χ2v) is 6.83. The van der Waals surface area contributed by atoms with E-state index in [1.54, 1.807) is 0 Å². The molecule has 0 radical (unpaired) electrons. The zero-order valence-electron chi connectivity index (χ0n) is 15.9. The minimum Gasteiger partial charge on any atom is -0.481 e. The highest BCUT2D eigenvalue weighted by molar-refractivity contribution is 5.69. The lowest BCUT2D eigenvalue weighted by molar-refractivity contribution is -0.142. The number of hydrogen-bond acceptors (Lipinski definition) is 3. The largest absolute Gasteiger partial charge is 0.481 e. The van der Waals surface area contributed by atoms with Crippen molar-refractivity contribution in [3.63, 3.8) is 0 Å². The third-order valence-corrected chi connectivity index (χ3v) is 4.67. The second-order valence-electron chi connectivity index (χ2n) is 6.83. The molecule has 0 saturated carbocycles. The molecule has 0 heterocycles. The normalized spacial score (nSPS) is 12.1. The lowest BCUT2D eigenvalue weighted by atomic mass is 9.94. The van der Waals surface area contributed by atoms with Crippen molar-refractivity contribution >= 4 is 11.9 Å². The first-order valence-corrected chi connectivity index (χ1v) is 9.91. The van der Waals surface area contributed by atoms with Gasteiger partial charge < -0.3 is 9.84 Å². The highest BCUT2D eigenvalue weighted by atomic mass is 16.5. The smallest absolute Gasteiger partial charge is 0.306 e. The first-order valence-electron chi connectivity index (χ1n) is 9.91. The Bertz CT molecular complexity index is 315. The van der Waals surface area contributed by atoms with Crippen LogP contribution in [-0.2, 0) is 14.3 Å². The fourth-order valence-corrected chi connectivity index (χ4v) is 3.03. The van der Waals surface area contributed by atoms with Gasteiger partial charge in [-0.2, -0.15) is 0 Å². The van der Waals surface area contributed by atoms with E-state index in [2.05, 4.69) is 11.7 Å². The Balaban J connectivity index is 3.45. The highest BCUT2D eigenvalue weighted by Gasteiger charge is 2.16. The van der Waals surface area contributed by atoms with E-state index in [-0.39, 0.29) is 11.9 Å². The van der Waals surface area contributed by atoms with Gasteiger partial charge in [0, 0.05) is 6.42 Å². The number of carbonyl (C=O) groups excluding carboxylic acids is 1. The number of esters is 1. The van der Waals surface area contributed by atoms with Crippen molar-refractivity contribution in [2.75, 3.05) is 7.11 Å². The number of methoxy groups -OCH3 is 1. The number of ether oxygens (including phenoxy) is 1. The van der Waals surface area contributed by atoms with E-state index in [1.807, 2.05) is 0 Å². The molecule has 0 aliphatic rings. The summed E-state index contributed by atoms with van der Waals surface area (Å²) in [6.07, 6.45) is 15.8. The van der Waals surface area contributed by atoms with E-state index in [1.165, 1.54) is 45.6 Å². The monoisotopic (exact) mass is 342 g/mol. The lowest BCUT2D eigenvalue weighted by Crippen LogP contribution is -2.13. The Hall–Kier alpha value is -1.06. The number of carbonyl (C=O) groups is 2. The van der Waals surface area contributed by atoms with Crippen LogP contribution in [0.4, 0.5) is 0 Å². The third kappa shape index (κ3) is 14.5. The molecule has 142 valence electrons. The van der Waals surface area contributed by atoms with Gasteiger partial charge in [0.1, 0.15) is 0 Å². The van der Waals surface area contributed by atoms with Gasteiger partial charge in [-0.25, -0.2) is 0 Å². The van der Waals surface area contributed by atoms with Gasteiger partial charge in [0.15, 0.2) is 0 Å². The van der Waals surface area contributed by atoms with Crippen LogP contribution in [0, 0.1) is 5.92 Å². The maximum Gasteiger partial charge on any atom is 0.306 e. The molecule has 0 aromatic rings. The molecule has 0 amide bonds. The van der Waals surface area contributed by atoms with E-state index in [0.29, 0.717) is 6.42 Å². The Morgan fingerprint density at radius 1 is 0.792 bits per heavy atom. The number of aliphatic carboxylic acids is 1. The summed E-state index contributed by atoms with van der Waals surface area (Å²) in [6.45, 7) is 2.17. The summed E-state index contributed by atoms with van der Waals surface area (Å²) >= 11 is 0. The van der Waals surface area contributed by atoms with Crippen molar-refractivity contribution in [1.82, 2.24) is 0 Å². The first-order chi connectivity index (χ1) is 11.6. The second kappa shape index (κ2) is 16.8. The molecule has 1 N–H and O–H groups in total. The minimum absolute atomic E-state index is 0.113. The summed E-state index contributed by atoms with van der Waals surface area (Å²) in [5.41, 5.74) is 0. The standard InChI is InChI=1S/C20H38O4/c1-3-4-5-12-15-18(20(22)23)16-13-10-8-6-7-9-11-14-17-19(21)24-2/h18H,3-17H2,1-2H3,(H,22,23)/t18-/m0/s1. The minimum atomic E-state index is -0.614. The van der Waals surface area contributed by atoms with Gasteiger partial charge in [0.25, 0.3) is 0 Å². The Kier molecular flexibility index (Phi) is 16.0. The topological polar surface area (TPSA) is 63.6 Å². The van der Waals surface area contributed by atoms with Gasteiger partial charge in [-0.3, -0.25) is 9.59 Å². The van der Waals surface area contributed by atoms with Crippen LogP contribution in [0.3, 0.4) is 0 Å². The molecule has 0 unspecified atom stereocenters. The third-order valence-electron chi connectivity index (χ3n) is 4.67. The fourth-order valence-electron chi connectivity index (χ4n) is 3.03. The first kappa shape index (κ1) is 22.9. The maximum absolute atomic E-state index is 11.3. The SMILES string of the molecule is CCCCCC[C@@H](CCCCCCCCCCC(=O)OC)C(=O)O. The molecule has 0 bridgehead atoms. The summed E-state index contributed by atoms with van der Waals surface area (Å²) in [7, 11) is 1.43. The van der Waals surface area contributed by atoms with Gasteiger partial charge in [0.2, 0.25) is 0 Å². The fraction of sp³-hybridized carbons (Fsp3) is 0.900. The lowest BCUT2D eigenvalue weighted by Gasteiger charge is -2.12. The average molecular weight is 343 g/mol. The summed E-state index contributed by atoms with van der Waals surface area (Å²) < 4.78 is 4.61. The maximum atomic E-state index is 11.3. The van der Waals surface area contributed by atoms with Crippen molar-refractivity contribution in [3.8, 4) is 0 Å². The van der Waals surface area contributed by atoms with E-state index in [9.17, 15) is 14.7 Å². The van der Waals surface area contributed by atoms with Crippen LogP contribution in [0.15, 0.2) is 0 Å². The van der Waals surface area contributed by atoms with Crippen LogP contribution in [0.25, 0.3) is 0 Å². The molecule has 0 rings (SSSR count). The molecule has 0 fully saturated rings. The van der Waals surface area contributed by atoms with E-state index >= 15 is 0 Å². The molecule has 1 atom stereocenters. The van der Waals surface area contributed by atoms with Crippen molar-refractivity contribution in [3.05, 3.63) is 0 Å². The number of unbranched alkanes of at least 4 members (excludes halogenated alkanes) is 10. The molecular weight excluding hydrogens is 304 g/mol. The molecule has 0 aliphatic heterocycles. The molecule has 0 aromatic heterocycles. The zero-order chi connectivity index (χ0) is 18.0. The number of carboxylic acids is 1. The molecule has 0 aliphatic carbocycles. The van der Waals surface area contributed by atoms with Gasteiger partial charge >= 0.3 is 11.9 Å². The summed E-state index contributed by atoms with van der Waals surface area (Å²) in [4.78, 5) is 22.2. The van der Waals surface area contributed by atoms with Gasteiger partial charge in [-0.15, -0.1) is 0 Å². The van der Waals surface area contributed by atoms with Crippen LogP contribution in [-0.4, -0.2) is 24.2 Å². The summed E-state index contributed by atoms with van der Waals surface area (Å²) in [6, 6.07) is 0. The van der Waals surface area contributed by atoms with Crippen molar-refractivity contribution in [2.24, 2.45) is 5.92 Å². The molecule has 4 nitrogen and oxygen atoms in total. The van der Waals surface area contributed by atoms with Crippen molar-refractivity contribution < 1.29 is 19.4 Å². The number of rotatable bonds is 17. The van der Waals surface area contributed by atoms with Crippen molar-refractivity contribution in [2.45, 2.75) is 103 Å². The molecule has 0 saturated heterocycles. The van der Waals surface area contributed by atoms with Crippen molar-refractivity contribution in [1.29, 1.82) is 0 Å². The molecule has 4 heteroatoms. The van der Waals surface area contributed by atoms with E-state index < -0.39 is 5.97 Å². The van der Waals surface area contributed by atoms with Gasteiger partial charge in [0.05, 0.1) is 13.0 Å². The summed E-state index contributed by atoms with van der Waals surface area (Å²) in [5.74, 6) is -0.866. The average Bonchev–Trinajstić information content (AvgIpc) is 2.57. The molecular formula is C20H38O4. The van der Waals surface area contributed by atoms with Crippen LogP contribution in [0.5, 0.6) is 0 Å². The Morgan fingerprint density at radius 3 is 1.71 bits per heavy atom. The Morgan fingerprint density at radius 2 is 1.25 bits per heavy atom. The van der Waals surface area contributed by atoms with E-state index in [0.717, 1.165) is 51.4 Å². The zero-order valence-corrected chi connectivity index (χ0v) is 15.9. The van der Waals surface area contributed by atoms with E-state index in [4.69, 9.17) is 0 Å². The molecule has 24 heavy (non-hydrogen) atoms. The Labute approximate surface area is 148 Å². The quantitative estimate of drug-likeness (QED) is 0.271. The highest BCUT2D eigenvalue weighted by Crippen LogP contribution is 2.19. The van der Waals surface area contributed by atoms with Crippen LogP contribution < -0.4 is 0 Å². The predicted octanol–water partition coefficient (Wildman–Crippen LogP) is 5.73. The summed E-state index contributed by atoms with van der Waals surface area (Å²) in [5, 5.41) is 9.28. The van der Waals surface area contributed by atoms with Crippen LogP contribution in [0.1, 0.15) is 103 Å². The van der Waals surface area contributed by atoms with Crippen LogP contribution in [0.2, 0.25) is 0 Å². The van der Waals surface area contributed by atoms with Gasteiger partial charge in [-0.1, -0.05) is 77.6 Å². The van der Waals surface area contributed by atoms with Crippen LogP contribution >= 0.6 is 0 Å². The van der Waals surface area contributed by atoms with Gasteiger partial charge in [-0.05, 0) is 19.3 Å².